The van der Waals surface area contributed by atoms with Gasteiger partial charge in [-0.05, 0) is 44.2 Å². The average molecular weight is 463 g/mol. The summed E-state index contributed by atoms with van der Waals surface area (Å²) in [5, 5.41) is 10.3. The molecule has 5 rings (SSSR count). The molecule has 0 aromatic carbocycles. The van der Waals surface area contributed by atoms with Crippen molar-refractivity contribution in [2.45, 2.75) is 77.5 Å². The molecular weight excluding hydrogens is 428 g/mol. The Kier molecular flexibility index (Phi) is 5.48. The van der Waals surface area contributed by atoms with Gasteiger partial charge in [0, 0.05) is 37.0 Å². The molecule has 1 aliphatic carbocycles. The highest BCUT2D eigenvalue weighted by Gasteiger charge is 2.46. The molecule has 2 aromatic rings. The van der Waals surface area contributed by atoms with E-state index in [2.05, 4.69) is 45.6 Å². The molecule has 4 heterocycles. The Balaban J connectivity index is 1.54. The minimum Gasteiger partial charge on any atom is -0.472 e. The minimum absolute atomic E-state index is 0.00362. The molecule has 0 N–H and O–H groups in total. The molecule has 1 unspecified atom stereocenters. The molecule has 1 amide bonds. The zero-order chi connectivity index (χ0) is 24.3. The van der Waals surface area contributed by atoms with E-state index in [1.54, 1.807) is 6.07 Å². The van der Waals surface area contributed by atoms with Crippen LogP contribution in [-0.4, -0.2) is 47.1 Å². The first-order chi connectivity index (χ1) is 16.1. The highest BCUT2D eigenvalue weighted by molar-refractivity contribution is 5.94. The van der Waals surface area contributed by atoms with Crippen LogP contribution in [0.15, 0.2) is 23.0 Å². The van der Waals surface area contributed by atoms with Crippen molar-refractivity contribution >= 4 is 11.7 Å². The number of ether oxygens (including phenoxy) is 1. The largest absolute Gasteiger partial charge is 0.472 e. The fourth-order valence-electron chi connectivity index (χ4n) is 5.40. The zero-order valence-electron chi connectivity index (χ0n) is 20.9. The van der Waals surface area contributed by atoms with Crippen molar-refractivity contribution in [1.82, 2.24) is 9.88 Å². The highest BCUT2D eigenvalue weighted by atomic mass is 16.5. The first kappa shape index (κ1) is 22.9. The molecule has 1 saturated carbocycles. The lowest BCUT2D eigenvalue weighted by atomic mass is 9.85. The second-order valence-corrected chi connectivity index (χ2v) is 11.3. The number of rotatable bonds is 4. The van der Waals surface area contributed by atoms with Crippen LogP contribution >= 0.6 is 0 Å². The summed E-state index contributed by atoms with van der Waals surface area (Å²) < 4.78 is 11.3. The van der Waals surface area contributed by atoms with E-state index in [0.29, 0.717) is 43.8 Å². The molecule has 3 aliphatic rings. The standard InChI is InChI=1S/C27H34N4O3/c1-17(2)22-14-30(9-10-31(22)25(32)18-6-11-33-15-18)24-20(13-28)19-12-26(3,4)34-16-21(19)23(29-24)27(5)7-8-27/h6,11,15,17,22H,7-10,12,14,16H2,1-5H3. The maximum atomic E-state index is 13.2. The van der Waals surface area contributed by atoms with Crippen LogP contribution in [0.4, 0.5) is 5.82 Å². The van der Waals surface area contributed by atoms with Gasteiger partial charge in [0.1, 0.15) is 18.2 Å². The van der Waals surface area contributed by atoms with Crippen molar-refractivity contribution in [2.75, 3.05) is 24.5 Å². The second-order valence-electron chi connectivity index (χ2n) is 11.3. The molecule has 180 valence electrons. The summed E-state index contributed by atoms with van der Waals surface area (Å²) in [6.07, 6.45) is 5.98. The Bertz CT molecular complexity index is 1140. The Morgan fingerprint density at radius 1 is 1.24 bits per heavy atom. The first-order valence-electron chi connectivity index (χ1n) is 12.3. The number of aromatic nitrogens is 1. The van der Waals surface area contributed by atoms with Crippen LogP contribution in [0.1, 0.15) is 80.2 Å². The van der Waals surface area contributed by atoms with E-state index in [9.17, 15) is 10.1 Å². The van der Waals surface area contributed by atoms with Crippen LogP contribution in [0.25, 0.3) is 0 Å². The van der Waals surface area contributed by atoms with Gasteiger partial charge in [-0.3, -0.25) is 4.79 Å². The number of amides is 1. The third kappa shape index (κ3) is 3.88. The molecule has 2 aliphatic heterocycles. The van der Waals surface area contributed by atoms with E-state index >= 15 is 0 Å². The van der Waals surface area contributed by atoms with Crippen LogP contribution in [0.5, 0.6) is 0 Å². The maximum Gasteiger partial charge on any atom is 0.257 e. The van der Waals surface area contributed by atoms with Gasteiger partial charge in [0.15, 0.2) is 0 Å². The summed E-state index contributed by atoms with van der Waals surface area (Å²) in [7, 11) is 0. The molecule has 1 saturated heterocycles. The molecule has 2 fully saturated rings. The van der Waals surface area contributed by atoms with E-state index in [1.807, 2.05) is 4.90 Å². The van der Waals surface area contributed by atoms with Crippen molar-refractivity contribution < 1.29 is 13.9 Å². The average Bonchev–Trinajstić information content (AvgIpc) is 3.31. The van der Waals surface area contributed by atoms with Crippen LogP contribution in [0, 0.1) is 17.2 Å². The van der Waals surface area contributed by atoms with Crippen molar-refractivity contribution in [3.8, 4) is 6.07 Å². The lowest BCUT2D eigenvalue weighted by Gasteiger charge is -2.44. The van der Waals surface area contributed by atoms with Gasteiger partial charge in [-0.15, -0.1) is 0 Å². The number of furan rings is 1. The van der Waals surface area contributed by atoms with Crippen LogP contribution in [-0.2, 0) is 23.2 Å². The summed E-state index contributed by atoms with van der Waals surface area (Å²) in [4.78, 5) is 22.5. The number of anilines is 1. The number of nitrogens with zero attached hydrogens (tertiary/aromatic N) is 4. The summed E-state index contributed by atoms with van der Waals surface area (Å²) in [6, 6.07) is 4.24. The number of carbonyl (C=O) groups is 1. The maximum absolute atomic E-state index is 13.2. The number of carbonyl (C=O) groups excluding carboxylic acids is 1. The van der Waals surface area contributed by atoms with Crippen molar-refractivity contribution in [3.05, 3.63) is 46.5 Å². The number of fused-ring (bicyclic) bond motifs is 1. The van der Waals surface area contributed by atoms with Gasteiger partial charge in [0.25, 0.3) is 5.91 Å². The molecule has 0 bridgehead atoms. The SMILES string of the molecule is CC(C)C1CN(c2nc(C3(C)CC3)c3c(c2C#N)CC(C)(C)OC3)CCN1C(=O)c1ccoc1. The third-order valence-electron chi connectivity index (χ3n) is 7.80. The molecule has 7 heteroatoms. The zero-order valence-corrected chi connectivity index (χ0v) is 20.9. The quantitative estimate of drug-likeness (QED) is 0.668. The Morgan fingerprint density at radius 2 is 2.00 bits per heavy atom. The van der Waals surface area contributed by atoms with Gasteiger partial charge in [0.2, 0.25) is 0 Å². The lowest BCUT2D eigenvalue weighted by Crippen LogP contribution is -2.57. The van der Waals surface area contributed by atoms with Crippen LogP contribution in [0.3, 0.4) is 0 Å². The number of pyridine rings is 1. The predicted molar refractivity (Wildman–Crippen MR) is 129 cm³/mol. The van der Waals surface area contributed by atoms with E-state index in [1.165, 1.54) is 12.5 Å². The number of hydrogen-bond acceptors (Lipinski definition) is 6. The third-order valence-corrected chi connectivity index (χ3v) is 7.80. The number of nitriles is 1. The minimum atomic E-state index is -0.310. The lowest BCUT2D eigenvalue weighted by molar-refractivity contribution is -0.0409. The van der Waals surface area contributed by atoms with Gasteiger partial charge >= 0.3 is 0 Å². The highest BCUT2D eigenvalue weighted by Crippen LogP contribution is 2.51. The summed E-state index contributed by atoms with van der Waals surface area (Å²) in [5.41, 5.74) is 4.33. The van der Waals surface area contributed by atoms with E-state index in [4.69, 9.17) is 14.1 Å². The van der Waals surface area contributed by atoms with Gasteiger partial charge < -0.3 is 19.0 Å². The van der Waals surface area contributed by atoms with E-state index < -0.39 is 0 Å². The summed E-state index contributed by atoms with van der Waals surface area (Å²) in [6.45, 7) is 13.1. The first-order valence-corrected chi connectivity index (χ1v) is 12.3. The molecule has 2 aromatic heterocycles. The van der Waals surface area contributed by atoms with Crippen molar-refractivity contribution in [2.24, 2.45) is 5.92 Å². The Morgan fingerprint density at radius 3 is 2.62 bits per heavy atom. The monoisotopic (exact) mass is 462 g/mol. The molecule has 0 spiro atoms. The number of piperazine rings is 1. The number of hydrogen-bond donors (Lipinski definition) is 0. The Hall–Kier alpha value is -2.85. The molecule has 7 nitrogen and oxygen atoms in total. The molecule has 34 heavy (non-hydrogen) atoms. The molecular formula is C27H34N4O3. The predicted octanol–water partition coefficient (Wildman–Crippen LogP) is 4.44. The molecule has 0 radical (unpaired) electrons. The van der Waals surface area contributed by atoms with Gasteiger partial charge in [-0.25, -0.2) is 4.98 Å². The van der Waals surface area contributed by atoms with Crippen LogP contribution < -0.4 is 4.90 Å². The normalized spacial score (nSPS) is 22.9. The summed E-state index contributed by atoms with van der Waals surface area (Å²) >= 11 is 0. The van der Waals surface area contributed by atoms with Gasteiger partial charge in [-0.2, -0.15) is 5.26 Å². The van der Waals surface area contributed by atoms with E-state index in [0.717, 1.165) is 35.5 Å². The van der Waals surface area contributed by atoms with Gasteiger partial charge in [0.05, 0.1) is 41.3 Å². The van der Waals surface area contributed by atoms with Crippen LogP contribution in [0.2, 0.25) is 0 Å². The fraction of sp³-hybridized carbons (Fsp3) is 0.593. The fourth-order valence-corrected chi connectivity index (χ4v) is 5.40. The summed E-state index contributed by atoms with van der Waals surface area (Å²) in [5.74, 6) is 1.04. The van der Waals surface area contributed by atoms with Gasteiger partial charge in [-0.1, -0.05) is 20.8 Å². The van der Waals surface area contributed by atoms with Crippen molar-refractivity contribution in [1.29, 1.82) is 5.26 Å². The second kappa shape index (κ2) is 8.13. The van der Waals surface area contributed by atoms with E-state index in [-0.39, 0.29) is 28.9 Å². The smallest absolute Gasteiger partial charge is 0.257 e. The molecule has 1 atom stereocenters. The van der Waals surface area contributed by atoms with Crippen molar-refractivity contribution in [3.63, 3.8) is 0 Å². The Labute approximate surface area is 201 Å². The topological polar surface area (TPSA) is 82.6 Å².